The zero-order valence-electron chi connectivity index (χ0n) is 18.7. The second-order valence-electron chi connectivity index (χ2n) is 8.60. The normalized spacial score (nSPS) is 13.6. The number of ether oxygens (including phenoxy) is 1. The number of methoxy groups -OCH3 is 1. The molecule has 0 saturated heterocycles. The molecule has 31 heavy (non-hydrogen) atoms. The van der Waals surface area contributed by atoms with Gasteiger partial charge in [-0.15, -0.1) is 0 Å². The number of carbonyl (C=O) groups is 2. The number of anilines is 1. The summed E-state index contributed by atoms with van der Waals surface area (Å²) in [4.78, 5) is 29.6. The molecule has 2 aromatic heterocycles. The molecule has 0 bridgehead atoms. The topological polar surface area (TPSA) is 90.2 Å². The Morgan fingerprint density at radius 3 is 2.65 bits per heavy atom. The summed E-state index contributed by atoms with van der Waals surface area (Å²) in [7, 11) is 5.36. The lowest BCUT2D eigenvalue weighted by atomic mass is 10.2. The molecule has 2 amide bonds. The third kappa shape index (κ3) is 4.02. The van der Waals surface area contributed by atoms with E-state index in [0.29, 0.717) is 29.6 Å². The molecule has 8 heteroatoms. The van der Waals surface area contributed by atoms with Crippen LogP contribution >= 0.6 is 0 Å². The summed E-state index contributed by atoms with van der Waals surface area (Å²) in [5, 5.41) is 5.92. The summed E-state index contributed by atoms with van der Waals surface area (Å²) in [6, 6.07) is 5.71. The third-order valence-corrected chi connectivity index (χ3v) is 5.56. The van der Waals surface area contributed by atoms with Gasteiger partial charge in [-0.1, -0.05) is 13.8 Å². The van der Waals surface area contributed by atoms with Crippen molar-refractivity contribution in [3.8, 4) is 17.3 Å². The minimum absolute atomic E-state index is 0.0664. The molecule has 8 nitrogen and oxygen atoms in total. The van der Waals surface area contributed by atoms with Gasteiger partial charge < -0.3 is 24.5 Å². The van der Waals surface area contributed by atoms with Crippen molar-refractivity contribution in [2.75, 3.05) is 19.0 Å². The average molecular weight is 424 g/mol. The molecule has 0 spiro atoms. The predicted molar refractivity (Wildman–Crippen MR) is 120 cm³/mol. The van der Waals surface area contributed by atoms with E-state index in [4.69, 9.17) is 9.72 Å². The number of hydrogen-bond donors (Lipinski definition) is 2. The van der Waals surface area contributed by atoms with E-state index >= 15 is 0 Å². The first-order valence-electron chi connectivity index (χ1n) is 10.6. The highest BCUT2D eigenvalue weighted by Gasteiger charge is 2.30. The number of aromatic nitrogens is 3. The summed E-state index contributed by atoms with van der Waals surface area (Å²) in [5.41, 5.74) is 3.62. The number of nitrogens with one attached hydrogen (secondary N) is 2. The lowest BCUT2D eigenvalue weighted by molar-refractivity contribution is -0.117. The number of carbonyl (C=O) groups excluding carboxylic acids is 2. The maximum absolute atomic E-state index is 12.7. The Bertz CT molecular complexity index is 1150. The van der Waals surface area contributed by atoms with Crippen LogP contribution < -0.4 is 15.4 Å². The van der Waals surface area contributed by atoms with E-state index in [9.17, 15) is 9.59 Å². The Labute approximate surface area is 181 Å². The van der Waals surface area contributed by atoms with Crippen molar-refractivity contribution in [1.29, 1.82) is 0 Å². The van der Waals surface area contributed by atoms with Gasteiger partial charge in [0.05, 0.1) is 23.7 Å². The van der Waals surface area contributed by atoms with Crippen molar-refractivity contribution >= 4 is 28.5 Å². The quantitative estimate of drug-likeness (QED) is 0.610. The zero-order valence-corrected chi connectivity index (χ0v) is 18.7. The number of benzene rings is 1. The van der Waals surface area contributed by atoms with Crippen molar-refractivity contribution < 1.29 is 14.3 Å². The van der Waals surface area contributed by atoms with Gasteiger partial charge in [-0.2, -0.15) is 0 Å². The fraction of sp³-hybridized carbons (Fsp3) is 0.435. The molecular formula is C23H29N5O3. The number of imidazole rings is 1. The van der Waals surface area contributed by atoms with E-state index < -0.39 is 0 Å². The maximum Gasteiger partial charge on any atom is 0.256 e. The van der Waals surface area contributed by atoms with Crippen LogP contribution in [0, 0.1) is 11.8 Å². The highest BCUT2D eigenvalue weighted by molar-refractivity contribution is 6.00. The number of nitrogens with zero attached hydrogens (tertiary/aromatic N) is 3. The molecule has 2 heterocycles. The van der Waals surface area contributed by atoms with Crippen LogP contribution in [0.2, 0.25) is 0 Å². The minimum Gasteiger partial charge on any atom is -0.494 e. The molecule has 2 N–H and O–H groups in total. The smallest absolute Gasteiger partial charge is 0.256 e. The Morgan fingerprint density at radius 2 is 2.00 bits per heavy atom. The summed E-state index contributed by atoms with van der Waals surface area (Å²) >= 11 is 0. The van der Waals surface area contributed by atoms with Crippen molar-refractivity contribution in [3.05, 3.63) is 30.0 Å². The van der Waals surface area contributed by atoms with Gasteiger partial charge in [0, 0.05) is 38.4 Å². The molecule has 0 unspecified atom stereocenters. The second kappa shape index (κ2) is 8.09. The monoisotopic (exact) mass is 423 g/mol. The van der Waals surface area contributed by atoms with Crippen LogP contribution in [0.3, 0.4) is 0 Å². The van der Waals surface area contributed by atoms with Crippen LogP contribution in [0.1, 0.15) is 37.0 Å². The van der Waals surface area contributed by atoms with Gasteiger partial charge in [-0.25, -0.2) is 4.98 Å². The fourth-order valence-corrected chi connectivity index (χ4v) is 3.70. The molecule has 1 aliphatic rings. The Balaban J connectivity index is 1.71. The predicted octanol–water partition coefficient (Wildman–Crippen LogP) is 3.32. The van der Waals surface area contributed by atoms with E-state index in [1.54, 1.807) is 13.3 Å². The van der Waals surface area contributed by atoms with E-state index in [1.165, 1.54) is 0 Å². The van der Waals surface area contributed by atoms with E-state index in [2.05, 4.69) is 24.5 Å². The summed E-state index contributed by atoms with van der Waals surface area (Å²) in [5.74, 6) is 1.57. The van der Waals surface area contributed by atoms with Gasteiger partial charge in [0.25, 0.3) is 5.91 Å². The average Bonchev–Trinajstić information content (AvgIpc) is 3.47. The molecule has 3 aromatic rings. The lowest BCUT2D eigenvalue weighted by Crippen LogP contribution is -2.27. The number of fused-ring (bicyclic) bond motifs is 1. The lowest BCUT2D eigenvalue weighted by Gasteiger charge is -2.09. The summed E-state index contributed by atoms with van der Waals surface area (Å²) in [6.07, 6.45) is 3.69. The summed E-state index contributed by atoms with van der Waals surface area (Å²) < 4.78 is 9.48. The van der Waals surface area contributed by atoms with Gasteiger partial charge >= 0.3 is 0 Å². The molecule has 0 radical (unpaired) electrons. The molecule has 0 atom stereocenters. The second-order valence-corrected chi connectivity index (χ2v) is 8.60. The number of amides is 2. The number of aryl methyl sites for hydroxylation is 2. The van der Waals surface area contributed by atoms with Gasteiger partial charge in [0.2, 0.25) is 5.91 Å². The van der Waals surface area contributed by atoms with Crippen molar-refractivity contribution in [2.24, 2.45) is 25.9 Å². The highest BCUT2D eigenvalue weighted by atomic mass is 16.5. The third-order valence-electron chi connectivity index (χ3n) is 5.56. The van der Waals surface area contributed by atoms with E-state index in [1.807, 2.05) is 41.4 Å². The first-order chi connectivity index (χ1) is 14.8. The first-order valence-corrected chi connectivity index (χ1v) is 10.6. The Hall–Kier alpha value is -3.29. The molecule has 1 saturated carbocycles. The van der Waals surface area contributed by atoms with Crippen LogP contribution in [0.15, 0.2) is 24.4 Å². The maximum atomic E-state index is 12.7. The van der Waals surface area contributed by atoms with Gasteiger partial charge in [0.1, 0.15) is 5.69 Å². The SMILES string of the molecule is COc1c(C(=O)NCC(C)C)cn(C)c1-c1nc2cc(NC(=O)C3CC3)ccc2n1C. The van der Waals surface area contributed by atoms with Crippen molar-refractivity contribution in [3.63, 3.8) is 0 Å². The largest absolute Gasteiger partial charge is 0.494 e. The number of rotatable bonds is 7. The van der Waals surface area contributed by atoms with E-state index in [-0.39, 0.29) is 17.7 Å². The van der Waals surface area contributed by atoms with Crippen LogP contribution in [0.4, 0.5) is 5.69 Å². The molecule has 4 rings (SSSR count). The molecule has 1 aliphatic carbocycles. The molecule has 1 aromatic carbocycles. The van der Waals surface area contributed by atoms with Gasteiger partial charge in [0.15, 0.2) is 11.6 Å². The van der Waals surface area contributed by atoms with Crippen LogP contribution in [0.5, 0.6) is 5.75 Å². The number of hydrogen-bond acceptors (Lipinski definition) is 4. The minimum atomic E-state index is -0.170. The fourth-order valence-electron chi connectivity index (χ4n) is 3.70. The van der Waals surface area contributed by atoms with Crippen molar-refractivity contribution in [2.45, 2.75) is 26.7 Å². The van der Waals surface area contributed by atoms with Crippen LogP contribution in [-0.4, -0.2) is 39.6 Å². The molecule has 0 aliphatic heterocycles. The van der Waals surface area contributed by atoms with Crippen molar-refractivity contribution in [1.82, 2.24) is 19.4 Å². The Kier molecular flexibility index (Phi) is 5.47. The van der Waals surface area contributed by atoms with Gasteiger partial charge in [-0.3, -0.25) is 9.59 Å². The van der Waals surface area contributed by atoms with E-state index in [0.717, 1.165) is 35.3 Å². The first kappa shape index (κ1) is 21.0. The standard InChI is InChI=1S/C23H29N5O3/c1-13(2)11-24-23(30)16-12-27(3)19(20(16)31-5)21-26-17-10-15(8-9-18(17)28(21)4)25-22(29)14-6-7-14/h8-10,12-14H,6-7,11H2,1-5H3,(H,24,30)(H,25,29). The summed E-state index contributed by atoms with van der Waals surface area (Å²) in [6.45, 7) is 4.69. The molecule has 164 valence electrons. The van der Waals surface area contributed by atoms with Gasteiger partial charge in [-0.05, 0) is 37.0 Å². The zero-order chi connectivity index (χ0) is 22.3. The van der Waals surface area contributed by atoms with Crippen LogP contribution in [0.25, 0.3) is 22.6 Å². The highest BCUT2D eigenvalue weighted by Crippen LogP contribution is 2.36. The Morgan fingerprint density at radius 1 is 1.26 bits per heavy atom. The molecular weight excluding hydrogens is 394 g/mol. The molecule has 1 fully saturated rings. The van der Waals surface area contributed by atoms with Crippen LogP contribution in [-0.2, 0) is 18.9 Å².